The van der Waals surface area contributed by atoms with Crippen LogP contribution in [0.25, 0.3) is 16.7 Å². The molecule has 39 heavy (non-hydrogen) atoms. The summed E-state index contributed by atoms with van der Waals surface area (Å²) in [6.07, 6.45) is 2.19. The fraction of sp³-hybridized carbons (Fsp3) is 0.200. The maximum absolute atomic E-state index is 13.4. The molecule has 0 fully saturated rings. The highest BCUT2D eigenvalue weighted by molar-refractivity contribution is 5.96. The van der Waals surface area contributed by atoms with Gasteiger partial charge in [0.05, 0.1) is 31.7 Å². The molecule has 1 amide bonds. The van der Waals surface area contributed by atoms with Crippen molar-refractivity contribution < 1.29 is 14.3 Å². The first-order valence-corrected chi connectivity index (χ1v) is 12.5. The second kappa shape index (κ2) is 10.8. The number of amides is 1. The van der Waals surface area contributed by atoms with Gasteiger partial charge >= 0.3 is 0 Å². The number of aryl methyl sites for hydroxylation is 1. The molecule has 0 aliphatic heterocycles. The Bertz CT molecular complexity index is 1810. The van der Waals surface area contributed by atoms with Gasteiger partial charge in [-0.05, 0) is 54.8 Å². The molecule has 0 spiro atoms. The summed E-state index contributed by atoms with van der Waals surface area (Å²) >= 11 is 0. The first-order valence-electron chi connectivity index (χ1n) is 12.5. The molecule has 0 radical (unpaired) electrons. The minimum absolute atomic E-state index is 0.0149. The number of pyridine rings is 2. The number of nitrogens with one attached hydrogen (secondary N) is 2. The van der Waals surface area contributed by atoms with Gasteiger partial charge in [-0.15, -0.1) is 0 Å². The van der Waals surface area contributed by atoms with Crippen LogP contribution in [0.2, 0.25) is 0 Å². The van der Waals surface area contributed by atoms with Crippen molar-refractivity contribution in [1.82, 2.24) is 19.3 Å². The first-order chi connectivity index (χ1) is 18.9. The molecular weight excluding hydrogens is 494 g/mol. The largest absolute Gasteiger partial charge is 0.493 e. The van der Waals surface area contributed by atoms with Gasteiger partial charge in [-0.25, -0.2) is 4.98 Å². The average Bonchev–Trinajstić information content (AvgIpc) is 2.95. The Kier molecular flexibility index (Phi) is 7.14. The van der Waals surface area contributed by atoms with E-state index in [1.807, 2.05) is 49.4 Å². The Balaban J connectivity index is 1.51. The number of carbonyl (C=O) groups excluding carboxylic acids is 1. The number of hydrogen-bond donors (Lipinski definition) is 2. The van der Waals surface area contributed by atoms with Crippen LogP contribution in [0, 0.1) is 12.3 Å². The van der Waals surface area contributed by atoms with E-state index in [0.717, 1.165) is 16.7 Å². The molecule has 198 valence electrons. The topological polar surface area (TPSA) is 111 Å². The van der Waals surface area contributed by atoms with Crippen molar-refractivity contribution in [2.24, 2.45) is 0 Å². The molecule has 3 aromatic heterocycles. The number of hydrogen-bond acceptors (Lipinski definition) is 6. The van der Waals surface area contributed by atoms with E-state index in [9.17, 15) is 9.59 Å². The molecule has 0 atom stereocenters. The lowest BCUT2D eigenvalue weighted by molar-refractivity contribution is 0.0951. The second-order valence-corrected chi connectivity index (χ2v) is 9.26. The van der Waals surface area contributed by atoms with Gasteiger partial charge in [0.25, 0.3) is 11.5 Å². The molecule has 5 rings (SSSR count). The van der Waals surface area contributed by atoms with Crippen molar-refractivity contribution in [1.29, 1.82) is 5.41 Å². The summed E-state index contributed by atoms with van der Waals surface area (Å²) in [6, 6.07) is 20.3. The molecule has 9 heteroatoms. The molecule has 0 aliphatic rings. The number of methoxy groups -OCH3 is 2. The number of carbonyl (C=O) groups is 1. The number of aromatic nitrogens is 3. The maximum Gasteiger partial charge on any atom is 0.267 e. The van der Waals surface area contributed by atoms with Gasteiger partial charge in [0, 0.05) is 12.7 Å². The van der Waals surface area contributed by atoms with E-state index in [0.29, 0.717) is 35.8 Å². The normalized spacial score (nSPS) is 11.1. The van der Waals surface area contributed by atoms with Gasteiger partial charge in [-0.1, -0.05) is 42.0 Å². The van der Waals surface area contributed by atoms with Crippen LogP contribution in [-0.2, 0) is 13.0 Å². The van der Waals surface area contributed by atoms with Gasteiger partial charge in [0.15, 0.2) is 11.5 Å². The lowest BCUT2D eigenvalue weighted by Gasteiger charge is -2.15. The molecule has 0 unspecified atom stereocenters. The molecule has 2 aromatic carbocycles. The summed E-state index contributed by atoms with van der Waals surface area (Å²) in [4.78, 5) is 31.5. The Morgan fingerprint density at radius 3 is 2.46 bits per heavy atom. The molecule has 0 saturated carbocycles. The average molecular weight is 524 g/mol. The zero-order valence-corrected chi connectivity index (χ0v) is 22.0. The van der Waals surface area contributed by atoms with E-state index in [2.05, 4.69) is 5.32 Å². The van der Waals surface area contributed by atoms with Crippen molar-refractivity contribution in [3.63, 3.8) is 0 Å². The van der Waals surface area contributed by atoms with Crippen LogP contribution in [0.5, 0.6) is 11.5 Å². The SMILES string of the molecule is COc1ccc(CCNC(=O)c2cc3c(=O)n4ccccc4nc3n(Cc3ccc(C)cc3)c2=N)cc1OC. The van der Waals surface area contributed by atoms with Crippen LogP contribution < -0.4 is 25.8 Å². The van der Waals surface area contributed by atoms with E-state index in [1.54, 1.807) is 43.2 Å². The molecule has 0 saturated heterocycles. The van der Waals surface area contributed by atoms with E-state index in [-0.39, 0.29) is 28.5 Å². The van der Waals surface area contributed by atoms with E-state index in [1.165, 1.54) is 10.5 Å². The third-order valence-corrected chi connectivity index (χ3v) is 6.67. The van der Waals surface area contributed by atoms with Crippen LogP contribution in [0.15, 0.2) is 77.7 Å². The lowest BCUT2D eigenvalue weighted by Crippen LogP contribution is -2.35. The van der Waals surface area contributed by atoms with E-state index in [4.69, 9.17) is 19.9 Å². The number of rotatable bonds is 8. The van der Waals surface area contributed by atoms with Gasteiger partial charge in [-0.3, -0.25) is 19.4 Å². The molecule has 2 N–H and O–H groups in total. The highest BCUT2D eigenvalue weighted by Crippen LogP contribution is 2.27. The Morgan fingerprint density at radius 2 is 1.72 bits per heavy atom. The maximum atomic E-state index is 13.4. The highest BCUT2D eigenvalue weighted by Gasteiger charge is 2.18. The van der Waals surface area contributed by atoms with Crippen molar-refractivity contribution in [3.05, 3.63) is 111 Å². The molecule has 0 aliphatic carbocycles. The minimum Gasteiger partial charge on any atom is -0.493 e. The van der Waals surface area contributed by atoms with Crippen molar-refractivity contribution >= 4 is 22.6 Å². The standard InChI is InChI=1S/C30H29N5O4/c1-19-7-9-21(10-8-19)18-35-27(31)22(17-23-28(35)33-26-6-4-5-15-34(26)30(23)37)29(36)32-14-13-20-11-12-24(38-2)25(16-20)39-3/h4-12,15-17,31H,13-14,18H2,1-3H3,(H,32,36). The van der Waals surface area contributed by atoms with Gasteiger partial charge < -0.3 is 19.4 Å². The van der Waals surface area contributed by atoms with Gasteiger partial charge in [0.2, 0.25) is 0 Å². The van der Waals surface area contributed by atoms with Crippen molar-refractivity contribution in [2.75, 3.05) is 20.8 Å². The summed E-state index contributed by atoms with van der Waals surface area (Å²) < 4.78 is 13.7. The zero-order valence-electron chi connectivity index (χ0n) is 22.0. The third-order valence-electron chi connectivity index (χ3n) is 6.67. The van der Waals surface area contributed by atoms with Crippen molar-refractivity contribution in [2.45, 2.75) is 19.9 Å². The lowest BCUT2D eigenvalue weighted by atomic mass is 10.1. The van der Waals surface area contributed by atoms with Crippen LogP contribution in [0.1, 0.15) is 27.0 Å². The first kappa shape index (κ1) is 25.7. The Labute approximate surface area is 224 Å². The van der Waals surface area contributed by atoms with Crippen LogP contribution in [0.4, 0.5) is 0 Å². The minimum atomic E-state index is -0.433. The van der Waals surface area contributed by atoms with E-state index < -0.39 is 5.91 Å². The monoisotopic (exact) mass is 523 g/mol. The summed E-state index contributed by atoms with van der Waals surface area (Å²) in [7, 11) is 3.15. The number of nitrogens with zero attached hydrogens (tertiary/aromatic N) is 3. The fourth-order valence-corrected chi connectivity index (χ4v) is 4.54. The second-order valence-electron chi connectivity index (χ2n) is 9.26. The van der Waals surface area contributed by atoms with Crippen LogP contribution in [0.3, 0.4) is 0 Å². The van der Waals surface area contributed by atoms with Crippen LogP contribution in [-0.4, -0.2) is 40.6 Å². The molecular formula is C30H29N5O4. The van der Waals surface area contributed by atoms with E-state index >= 15 is 0 Å². The smallest absolute Gasteiger partial charge is 0.267 e. The summed E-state index contributed by atoms with van der Waals surface area (Å²) in [5, 5.41) is 12.1. The molecule has 9 nitrogen and oxygen atoms in total. The van der Waals surface area contributed by atoms with Crippen molar-refractivity contribution in [3.8, 4) is 11.5 Å². The summed E-state index contributed by atoms with van der Waals surface area (Å²) in [5.41, 5.74) is 3.63. The third kappa shape index (κ3) is 5.11. The summed E-state index contributed by atoms with van der Waals surface area (Å²) in [6.45, 7) is 2.63. The van der Waals surface area contributed by atoms with Gasteiger partial charge in [-0.2, -0.15) is 0 Å². The highest BCUT2D eigenvalue weighted by atomic mass is 16.5. The predicted octanol–water partition coefficient (Wildman–Crippen LogP) is 3.48. The number of benzene rings is 2. The number of ether oxygens (including phenoxy) is 2. The quantitative estimate of drug-likeness (QED) is 0.303. The Morgan fingerprint density at radius 1 is 0.974 bits per heavy atom. The molecule has 0 bridgehead atoms. The number of fused-ring (bicyclic) bond motifs is 2. The fourth-order valence-electron chi connectivity index (χ4n) is 4.54. The predicted molar refractivity (Wildman–Crippen MR) is 149 cm³/mol. The summed E-state index contributed by atoms with van der Waals surface area (Å²) in [5.74, 6) is 0.810. The van der Waals surface area contributed by atoms with Gasteiger partial charge in [0.1, 0.15) is 16.8 Å². The molecule has 3 heterocycles. The molecule has 5 aromatic rings. The zero-order chi connectivity index (χ0) is 27.5. The Hall–Kier alpha value is -4.92. The van der Waals surface area contributed by atoms with Crippen LogP contribution >= 0.6 is 0 Å².